The second-order valence-corrected chi connectivity index (χ2v) is 7.59. The van der Waals surface area contributed by atoms with Gasteiger partial charge in [0.2, 0.25) is 5.91 Å². The maximum Gasteiger partial charge on any atom is 0.338 e. The summed E-state index contributed by atoms with van der Waals surface area (Å²) in [5, 5.41) is 11.7. The molecule has 4 rings (SSSR count). The minimum Gasteiger partial charge on any atom is -0.493 e. The van der Waals surface area contributed by atoms with Gasteiger partial charge in [-0.05, 0) is 43.3 Å². The number of rotatable bonds is 8. The Morgan fingerprint density at radius 1 is 1.00 bits per heavy atom. The van der Waals surface area contributed by atoms with Crippen LogP contribution in [0.3, 0.4) is 0 Å². The summed E-state index contributed by atoms with van der Waals surface area (Å²) in [6.45, 7) is 1.67. The number of amides is 3. The van der Waals surface area contributed by atoms with Crippen LogP contribution in [0.1, 0.15) is 17.3 Å². The molecule has 2 atom stereocenters. The first kappa shape index (κ1) is 23.7. The number of imide groups is 1. The third kappa shape index (κ3) is 4.50. The van der Waals surface area contributed by atoms with Crippen LogP contribution in [0.15, 0.2) is 52.8 Å². The number of fused-ring (bicyclic) bond motifs is 1. The molecule has 2 aliphatic rings. The van der Waals surface area contributed by atoms with E-state index in [1.54, 1.807) is 31.2 Å². The van der Waals surface area contributed by atoms with E-state index in [9.17, 15) is 19.2 Å². The minimum atomic E-state index is -1.05. The fourth-order valence-electron chi connectivity index (χ4n) is 3.82. The van der Waals surface area contributed by atoms with Crippen molar-refractivity contribution in [2.24, 2.45) is 10.3 Å². The van der Waals surface area contributed by atoms with Crippen molar-refractivity contribution in [1.82, 2.24) is 5.01 Å². The van der Waals surface area contributed by atoms with Crippen molar-refractivity contribution < 1.29 is 33.4 Å². The number of methoxy groups -OCH3 is 2. The Morgan fingerprint density at radius 3 is 2.37 bits per heavy atom. The van der Waals surface area contributed by atoms with Gasteiger partial charge in [-0.1, -0.05) is 5.22 Å². The van der Waals surface area contributed by atoms with Crippen LogP contribution in [0.2, 0.25) is 0 Å². The van der Waals surface area contributed by atoms with Gasteiger partial charge in [0.1, 0.15) is 6.54 Å². The van der Waals surface area contributed by atoms with Crippen molar-refractivity contribution in [2.45, 2.75) is 19.0 Å². The van der Waals surface area contributed by atoms with E-state index in [0.29, 0.717) is 28.4 Å². The molecule has 0 bridgehead atoms. The van der Waals surface area contributed by atoms with Crippen LogP contribution < -0.4 is 19.7 Å². The van der Waals surface area contributed by atoms with Crippen LogP contribution in [0.4, 0.5) is 11.4 Å². The predicted molar refractivity (Wildman–Crippen MR) is 122 cm³/mol. The quantitative estimate of drug-likeness (QED) is 0.445. The fourth-order valence-corrected chi connectivity index (χ4v) is 3.82. The van der Waals surface area contributed by atoms with Gasteiger partial charge >= 0.3 is 5.97 Å². The van der Waals surface area contributed by atoms with Gasteiger partial charge in [-0.2, -0.15) is 5.11 Å². The molecule has 2 aromatic carbocycles. The number of nitrogens with one attached hydrogen (secondary N) is 1. The number of benzene rings is 2. The molecule has 3 amide bonds. The van der Waals surface area contributed by atoms with Crippen LogP contribution in [-0.2, 0) is 19.1 Å². The van der Waals surface area contributed by atoms with E-state index in [-0.39, 0.29) is 13.2 Å². The standard InChI is InChI=1S/C23H23N5O7/c1-4-35-23(32)13-5-7-14(8-6-13)24-18(29)12-27-20-19(25-26-27)21(30)28(22(20)31)15-9-10-16(33-2)17(11-15)34-3/h5-11,19-20H,4,12H2,1-3H3,(H,24,29)/t19-,20+/m1/s1. The third-order valence-electron chi connectivity index (χ3n) is 5.47. The van der Waals surface area contributed by atoms with Crippen molar-refractivity contribution in [3.63, 3.8) is 0 Å². The van der Waals surface area contributed by atoms with Crippen LogP contribution in [0.5, 0.6) is 11.5 Å². The van der Waals surface area contributed by atoms with Gasteiger partial charge in [0.15, 0.2) is 23.6 Å². The van der Waals surface area contributed by atoms with E-state index in [4.69, 9.17) is 14.2 Å². The monoisotopic (exact) mass is 481 g/mol. The highest BCUT2D eigenvalue weighted by atomic mass is 16.5. The third-order valence-corrected chi connectivity index (χ3v) is 5.47. The highest BCUT2D eigenvalue weighted by molar-refractivity contribution is 6.25. The van der Waals surface area contributed by atoms with Crippen molar-refractivity contribution in [3.05, 3.63) is 48.0 Å². The molecular weight excluding hydrogens is 458 g/mol. The molecule has 2 heterocycles. The molecule has 12 heteroatoms. The first-order valence-corrected chi connectivity index (χ1v) is 10.7. The molecule has 0 radical (unpaired) electrons. The Kier molecular flexibility index (Phi) is 6.62. The number of esters is 1. The Bertz CT molecular complexity index is 1200. The molecule has 2 aromatic rings. The first-order chi connectivity index (χ1) is 16.9. The molecule has 0 spiro atoms. The molecule has 1 N–H and O–H groups in total. The number of nitrogens with zero attached hydrogens (tertiary/aromatic N) is 4. The van der Waals surface area contributed by atoms with E-state index >= 15 is 0 Å². The van der Waals surface area contributed by atoms with Crippen LogP contribution in [0, 0.1) is 0 Å². The van der Waals surface area contributed by atoms with E-state index in [1.165, 1.54) is 37.4 Å². The van der Waals surface area contributed by atoms with E-state index in [2.05, 4.69) is 15.7 Å². The Labute approximate surface area is 200 Å². The second kappa shape index (κ2) is 9.79. The summed E-state index contributed by atoms with van der Waals surface area (Å²) in [5.74, 6) is -1.23. The Morgan fingerprint density at radius 2 is 1.71 bits per heavy atom. The molecule has 1 saturated heterocycles. The predicted octanol–water partition coefficient (Wildman–Crippen LogP) is 1.81. The molecule has 35 heavy (non-hydrogen) atoms. The number of carbonyl (C=O) groups excluding carboxylic acids is 4. The molecule has 182 valence electrons. The zero-order chi connectivity index (χ0) is 25.1. The molecule has 0 unspecified atom stereocenters. The van der Waals surface area contributed by atoms with Crippen LogP contribution in [-0.4, -0.2) is 68.2 Å². The van der Waals surface area contributed by atoms with Gasteiger partial charge in [0.25, 0.3) is 11.8 Å². The summed E-state index contributed by atoms with van der Waals surface area (Å²) >= 11 is 0. The van der Waals surface area contributed by atoms with Gasteiger partial charge in [-0.25, -0.2) is 9.69 Å². The maximum atomic E-state index is 13.2. The van der Waals surface area contributed by atoms with Crippen molar-refractivity contribution in [1.29, 1.82) is 0 Å². The van der Waals surface area contributed by atoms with Gasteiger partial charge in [-0.15, -0.1) is 0 Å². The number of hydrogen-bond acceptors (Lipinski definition) is 10. The lowest BCUT2D eigenvalue weighted by Gasteiger charge is -2.20. The number of carbonyl (C=O) groups is 4. The lowest BCUT2D eigenvalue weighted by Crippen LogP contribution is -2.43. The average Bonchev–Trinajstić information content (AvgIpc) is 3.38. The molecular formula is C23H23N5O7. The average molecular weight is 481 g/mol. The van der Waals surface area contributed by atoms with Crippen LogP contribution >= 0.6 is 0 Å². The SMILES string of the molecule is CCOC(=O)c1ccc(NC(=O)CN2N=N[C@H]3C(=O)N(c4ccc(OC)c(OC)c4)C(=O)[C@H]32)cc1. The van der Waals surface area contributed by atoms with E-state index < -0.39 is 35.8 Å². The Balaban J connectivity index is 1.44. The summed E-state index contributed by atoms with van der Waals surface area (Å²) in [6.07, 6.45) is 0. The topological polar surface area (TPSA) is 139 Å². The van der Waals surface area contributed by atoms with Gasteiger partial charge in [0.05, 0.1) is 32.1 Å². The van der Waals surface area contributed by atoms with Crippen LogP contribution in [0.25, 0.3) is 0 Å². The molecule has 0 saturated carbocycles. The van der Waals surface area contributed by atoms with Gasteiger partial charge in [0, 0.05) is 11.8 Å². The van der Waals surface area contributed by atoms with Crippen molar-refractivity contribution >= 4 is 35.1 Å². The molecule has 1 fully saturated rings. The summed E-state index contributed by atoms with van der Waals surface area (Å²) in [5.41, 5.74) is 1.09. The zero-order valence-corrected chi connectivity index (χ0v) is 19.3. The van der Waals surface area contributed by atoms with E-state index in [0.717, 1.165) is 4.90 Å². The zero-order valence-electron chi connectivity index (χ0n) is 19.3. The number of ether oxygens (including phenoxy) is 3. The summed E-state index contributed by atoms with van der Waals surface area (Å²) < 4.78 is 15.4. The van der Waals surface area contributed by atoms with Crippen molar-refractivity contribution in [2.75, 3.05) is 37.6 Å². The minimum absolute atomic E-state index is 0.258. The number of hydrogen-bond donors (Lipinski definition) is 1. The highest BCUT2D eigenvalue weighted by Gasteiger charge is 2.55. The first-order valence-electron chi connectivity index (χ1n) is 10.7. The normalized spacial score (nSPS) is 18.5. The second-order valence-electron chi connectivity index (χ2n) is 7.59. The fraction of sp³-hybridized carbons (Fsp3) is 0.304. The molecule has 0 aliphatic carbocycles. The van der Waals surface area contributed by atoms with E-state index in [1.807, 2.05) is 0 Å². The Hall–Kier alpha value is -4.48. The van der Waals surface area contributed by atoms with Gasteiger partial charge < -0.3 is 19.5 Å². The smallest absolute Gasteiger partial charge is 0.338 e. The molecule has 0 aromatic heterocycles. The largest absolute Gasteiger partial charge is 0.493 e. The van der Waals surface area contributed by atoms with Gasteiger partial charge in [-0.3, -0.25) is 19.4 Å². The summed E-state index contributed by atoms with van der Waals surface area (Å²) in [7, 11) is 2.93. The summed E-state index contributed by atoms with van der Waals surface area (Å²) in [4.78, 5) is 51.4. The molecule has 2 aliphatic heterocycles. The lowest BCUT2D eigenvalue weighted by molar-refractivity contribution is -0.123. The highest BCUT2D eigenvalue weighted by Crippen LogP contribution is 2.36. The lowest BCUT2D eigenvalue weighted by atomic mass is 10.1. The summed E-state index contributed by atoms with van der Waals surface area (Å²) in [6, 6.07) is 8.75. The molecule has 12 nitrogen and oxygen atoms in total. The number of anilines is 2. The maximum absolute atomic E-state index is 13.2. The van der Waals surface area contributed by atoms with Crippen molar-refractivity contribution in [3.8, 4) is 11.5 Å².